The van der Waals surface area contributed by atoms with Crippen molar-refractivity contribution in [3.05, 3.63) is 17.8 Å². The highest BCUT2D eigenvalue weighted by Crippen LogP contribution is 2.22. The van der Waals surface area contributed by atoms with E-state index in [0.29, 0.717) is 12.2 Å². The molecule has 0 atom stereocenters. The van der Waals surface area contributed by atoms with Crippen molar-refractivity contribution >= 4 is 11.5 Å². The smallest absolute Gasteiger partial charge is 0.152 e. The molecular formula is C11H19N7. The summed E-state index contributed by atoms with van der Waals surface area (Å²) in [4.78, 5) is 0. The second kappa shape index (κ2) is 5.07. The lowest BCUT2D eigenvalue weighted by molar-refractivity contribution is 0.700. The van der Waals surface area contributed by atoms with E-state index in [0.717, 1.165) is 30.3 Å². The first kappa shape index (κ1) is 12.4. The zero-order valence-corrected chi connectivity index (χ0v) is 11.0. The summed E-state index contributed by atoms with van der Waals surface area (Å²) < 4.78 is 3.75. The molecule has 0 amide bonds. The number of aryl methyl sites for hydroxylation is 3. The molecule has 0 fully saturated rings. The van der Waals surface area contributed by atoms with E-state index in [1.165, 1.54) is 0 Å². The van der Waals surface area contributed by atoms with Crippen molar-refractivity contribution in [1.82, 2.24) is 24.5 Å². The third kappa shape index (κ3) is 2.15. The fraction of sp³-hybridized carbons (Fsp3) is 0.545. The van der Waals surface area contributed by atoms with Gasteiger partial charge in [-0.05, 0) is 13.3 Å². The Morgan fingerprint density at radius 3 is 2.78 bits per heavy atom. The van der Waals surface area contributed by atoms with Crippen molar-refractivity contribution in [3.8, 4) is 0 Å². The monoisotopic (exact) mass is 249 g/mol. The number of nitrogen functional groups attached to an aromatic ring is 1. The van der Waals surface area contributed by atoms with Gasteiger partial charge in [0.2, 0.25) is 0 Å². The molecule has 0 unspecified atom stereocenters. The lowest BCUT2D eigenvalue weighted by Crippen LogP contribution is -2.10. The fourth-order valence-corrected chi connectivity index (χ4v) is 1.91. The molecule has 7 heteroatoms. The minimum atomic E-state index is 0.584. The van der Waals surface area contributed by atoms with Crippen molar-refractivity contribution in [2.24, 2.45) is 7.05 Å². The molecule has 0 aromatic carbocycles. The van der Waals surface area contributed by atoms with E-state index in [4.69, 9.17) is 5.73 Å². The topological polar surface area (TPSA) is 86.6 Å². The Hall–Kier alpha value is -2.05. The lowest BCUT2D eigenvalue weighted by Gasteiger charge is -2.08. The summed E-state index contributed by atoms with van der Waals surface area (Å²) in [6.07, 6.45) is 2.55. The third-order valence-corrected chi connectivity index (χ3v) is 2.95. The molecule has 0 aliphatic heterocycles. The molecule has 0 radical (unpaired) electrons. The van der Waals surface area contributed by atoms with Crippen molar-refractivity contribution in [2.75, 3.05) is 11.1 Å². The van der Waals surface area contributed by atoms with Crippen molar-refractivity contribution < 1.29 is 0 Å². The second-order valence-electron chi connectivity index (χ2n) is 4.07. The summed E-state index contributed by atoms with van der Waals surface area (Å²) in [6.45, 7) is 5.53. The lowest BCUT2D eigenvalue weighted by atomic mass is 10.3. The minimum absolute atomic E-state index is 0.584. The van der Waals surface area contributed by atoms with Gasteiger partial charge >= 0.3 is 0 Å². The number of aromatic nitrogens is 5. The highest BCUT2D eigenvalue weighted by atomic mass is 15.3. The van der Waals surface area contributed by atoms with Crippen LogP contribution in [-0.2, 0) is 26.6 Å². The van der Waals surface area contributed by atoms with Crippen molar-refractivity contribution in [2.45, 2.75) is 33.4 Å². The van der Waals surface area contributed by atoms with Gasteiger partial charge in [0.1, 0.15) is 12.1 Å². The predicted octanol–water partition coefficient (Wildman–Crippen LogP) is 0.788. The molecule has 2 aromatic rings. The largest absolute Gasteiger partial charge is 0.394 e. The molecule has 7 nitrogen and oxygen atoms in total. The van der Waals surface area contributed by atoms with Gasteiger partial charge in [-0.3, -0.25) is 4.68 Å². The Morgan fingerprint density at radius 1 is 1.39 bits per heavy atom. The highest BCUT2D eigenvalue weighted by molar-refractivity contribution is 5.64. The van der Waals surface area contributed by atoms with Gasteiger partial charge in [0, 0.05) is 13.6 Å². The van der Waals surface area contributed by atoms with Gasteiger partial charge in [0.15, 0.2) is 5.82 Å². The van der Waals surface area contributed by atoms with Crippen LogP contribution in [0.4, 0.5) is 11.5 Å². The molecular weight excluding hydrogens is 230 g/mol. The number of hydrogen-bond donors (Lipinski definition) is 2. The summed E-state index contributed by atoms with van der Waals surface area (Å²) in [5.41, 5.74) is 7.66. The summed E-state index contributed by atoms with van der Waals surface area (Å²) in [6, 6.07) is 0. The average Bonchev–Trinajstić information content (AvgIpc) is 2.92. The first-order valence-corrected chi connectivity index (χ1v) is 6.09. The Kier molecular flexibility index (Phi) is 3.50. The quantitative estimate of drug-likeness (QED) is 0.818. The van der Waals surface area contributed by atoms with Gasteiger partial charge in [0.05, 0.1) is 17.9 Å². The molecule has 2 heterocycles. The van der Waals surface area contributed by atoms with Gasteiger partial charge < -0.3 is 15.6 Å². The van der Waals surface area contributed by atoms with Crippen LogP contribution in [0.2, 0.25) is 0 Å². The molecule has 3 N–H and O–H groups in total. The maximum absolute atomic E-state index is 6.04. The number of nitrogens with two attached hydrogens (primary N) is 1. The summed E-state index contributed by atoms with van der Waals surface area (Å²) >= 11 is 0. The van der Waals surface area contributed by atoms with Crippen molar-refractivity contribution in [3.63, 3.8) is 0 Å². The molecule has 98 valence electrons. The minimum Gasteiger partial charge on any atom is -0.394 e. The van der Waals surface area contributed by atoms with Gasteiger partial charge in [-0.25, -0.2) is 0 Å². The number of anilines is 2. The molecule has 2 aromatic heterocycles. The second-order valence-corrected chi connectivity index (χ2v) is 4.07. The molecule has 0 aliphatic rings. The molecule has 0 spiro atoms. The van der Waals surface area contributed by atoms with Crippen LogP contribution in [0, 0.1) is 0 Å². The standard InChI is InChI=1S/C11H19N7/c1-4-8-10(12)11(17(3)16-8)13-6-9-15-14-7-18(9)5-2/h7,13H,4-6,12H2,1-3H3. The van der Waals surface area contributed by atoms with E-state index in [-0.39, 0.29) is 0 Å². The Morgan fingerprint density at radius 2 is 2.17 bits per heavy atom. The summed E-state index contributed by atoms with van der Waals surface area (Å²) in [7, 11) is 1.88. The molecule has 18 heavy (non-hydrogen) atoms. The maximum atomic E-state index is 6.04. The molecule has 0 bridgehead atoms. The van der Waals surface area contributed by atoms with E-state index in [9.17, 15) is 0 Å². The Bertz CT molecular complexity index is 525. The van der Waals surface area contributed by atoms with Crippen LogP contribution < -0.4 is 11.1 Å². The van der Waals surface area contributed by atoms with Crippen LogP contribution in [0.15, 0.2) is 6.33 Å². The normalized spacial score (nSPS) is 10.8. The first-order chi connectivity index (χ1) is 8.67. The highest BCUT2D eigenvalue weighted by Gasteiger charge is 2.12. The van der Waals surface area contributed by atoms with E-state index in [2.05, 4.69) is 27.5 Å². The van der Waals surface area contributed by atoms with E-state index in [1.807, 2.05) is 18.5 Å². The maximum Gasteiger partial charge on any atom is 0.152 e. The SMILES string of the molecule is CCc1nn(C)c(NCc2nncn2CC)c1N. The summed E-state index contributed by atoms with van der Waals surface area (Å²) in [5, 5.41) is 15.6. The van der Waals surface area contributed by atoms with E-state index in [1.54, 1.807) is 11.0 Å². The van der Waals surface area contributed by atoms with E-state index >= 15 is 0 Å². The number of nitrogens with one attached hydrogen (secondary N) is 1. The van der Waals surface area contributed by atoms with Gasteiger partial charge in [-0.15, -0.1) is 10.2 Å². The van der Waals surface area contributed by atoms with Crippen LogP contribution in [0.25, 0.3) is 0 Å². The molecule has 0 saturated carbocycles. The van der Waals surface area contributed by atoms with Crippen LogP contribution in [0.1, 0.15) is 25.4 Å². The van der Waals surface area contributed by atoms with Crippen molar-refractivity contribution in [1.29, 1.82) is 0 Å². The fourth-order valence-electron chi connectivity index (χ4n) is 1.91. The van der Waals surface area contributed by atoms with Crippen LogP contribution >= 0.6 is 0 Å². The van der Waals surface area contributed by atoms with E-state index < -0.39 is 0 Å². The number of nitrogens with zero attached hydrogens (tertiary/aromatic N) is 5. The van der Waals surface area contributed by atoms with Crippen LogP contribution in [0.3, 0.4) is 0 Å². The number of rotatable bonds is 5. The van der Waals surface area contributed by atoms with Crippen LogP contribution in [0.5, 0.6) is 0 Å². The van der Waals surface area contributed by atoms with Gasteiger partial charge in [0.25, 0.3) is 0 Å². The average molecular weight is 249 g/mol. The first-order valence-electron chi connectivity index (χ1n) is 6.09. The van der Waals surface area contributed by atoms with Gasteiger partial charge in [-0.2, -0.15) is 5.10 Å². The molecule has 0 aliphatic carbocycles. The third-order valence-electron chi connectivity index (χ3n) is 2.95. The Labute approximate surface area is 106 Å². The Balaban J connectivity index is 2.13. The van der Waals surface area contributed by atoms with Crippen LogP contribution in [-0.4, -0.2) is 24.5 Å². The molecule has 2 rings (SSSR count). The zero-order valence-electron chi connectivity index (χ0n) is 11.0. The summed E-state index contributed by atoms with van der Waals surface area (Å²) in [5.74, 6) is 1.72. The number of hydrogen-bond acceptors (Lipinski definition) is 5. The molecule has 0 saturated heterocycles. The predicted molar refractivity (Wildman–Crippen MR) is 70.0 cm³/mol. The van der Waals surface area contributed by atoms with Gasteiger partial charge in [-0.1, -0.05) is 6.92 Å². The zero-order chi connectivity index (χ0) is 13.1.